The van der Waals surface area contributed by atoms with Gasteiger partial charge in [-0.05, 0) is 31.0 Å². The summed E-state index contributed by atoms with van der Waals surface area (Å²) in [4.78, 5) is 29.0. The molecule has 0 saturated carbocycles. The van der Waals surface area contributed by atoms with Crippen LogP contribution in [0, 0.1) is 5.82 Å². The average molecular weight is 476 g/mol. The Morgan fingerprint density at radius 2 is 1.97 bits per heavy atom. The van der Waals surface area contributed by atoms with Crippen LogP contribution in [0.2, 0.25) is 0 Å². The van der Waals surface area contributed by atoms with Crippen molar-refractivity contribution < 1.29 is 13.9 Å². The zero-order chi connectivity index (χ0) is 23.9. The molecule has 5 heterocycles. The minimum absolute atomic E-state index is 0.145. The Kier molecular flexibility index (Phi) is 5.44. The number of hydrogen-bond donors (Lipinski definition) is 1. The second kappa shape index (κ2) is 8.77. The standard InChI is InChI=1S/C25H26FN7O2/c1-35-21-9-16(8-18(26)10-21)25(34)31-6-3-19(4-7-31)32-13-20(14-32)33-12-17(11-30-33)23-22-2-5-27-24(22)29-15-28-23/h2,5,8-12,15,19-20H,3-4,6-7,13-14H2,1H3,(H,27,28,29). The first kappa shape index (κ1) is 21.7. The number of halogens is 1. The molecule has 35 heavy (non-hydrogen) atoms. The molecule has 3 aromatic heterocycles. The summed E-state index contributed by atoms with van der Waals surface area (Å²) >= 11 is 0. The lowest BCUT2D eigenvalue weighted by molar-refractivity contribution is 0.0197. The summed E-state index contributed by atoms with van der Waals surface area (Å²) in [7, 11) is 1.47. The van der Waals surface area contributed by atoms with E-state index in [4.69, 9.17) is 4.74 Å². The van der Waals surface area contributed by atoms with Crippen molar-refractivity contribution in [1.29, 1.82) is 0 Å². The van der Waals surface area contributed by atoms with E-state index in [1.807, 2.05) is 28.0 Å². The number of ether oxygens (including phenoxy) is 1. The first-order valence-electron chi connectivity index (χ1n) is 11.8. The van der Waals surface area contributed by atoms with Gasteiger partial charge < -0.3 is 14.6 Å². The van der Waals surface area contributed by atoms with Crippen molar-refractivity contribution in [3.8, 4) is 17.0 Å². The third-order valence-electron chi connectivity index (χ3n) is 7.12. The maximum atomic E-state index is 13.8. The summed E-state index contributed by atoms with van der Waals surface area (Å²) in [6, 6.07) is 6.89. The Labute approximate surface area is 201 Å². The highest BCUT2D eigenvalue weighted by molar-refractivity contribution is 5.94. The molecule has 0 bridgehead atoms. The van der Waals surface area contributed by atoms with E-state index in [1.165, 1.54) is 19.2 Å². The molecule has 10 heteroatoms. The third kappa shape index (κ3) is 4.03. The molecule has 2 fully saturated rings. The van der Waals surface area contributed by atoms with Crippen LogP contribution in [0.4, 0.5) is 4.39 Å². The number of aromatic amines is 1. The van der Waals surface area contributed by atoms with E-state index in [-0.39, 0.29) is 5.91 Å². The number of hydrogen-bond acceptors (Lipinski definition) is 6. The first-order valence-corrected chi connectivity index (χ1v) is 11.8. The molecule has 6 rings (SSSR count). The molecule has 0 radical (unpaired) electrons. The lowest BCUT2D eigenvalue weighted by Crippen LogP contribution is -2.56. The minimum Gasteiger partial charge on any atom is -0.497 e. The van der Waals surface area contributed by atoms with E-state index in [0.29, 0.717) is 36.5 Å². The number of carbonyl (C=O) groups excluding carboxylic acids is 1. The van der Waals surface area contributed by atoms with Crippen molar-refractivity contribution in [2.75, 3.05) is 33.3 Å². The number of fused-ring (bicyclic) bond motifs is 1. The minimum atomic E-state index is -0.465. The van der Waals surface area contributed by atoms with Gasteiger partial charge in [0.25, 0.3) is 5.91 Å². The number of nitrogens with one attached hydrogen (secondary N) is 1. The number of aromatic nitrogens is 5. The number of amides is 1. The number of nitrogens with zero attached hydrogens (tertiary/aromatic N) is 6. The van der Waals surface area contributed by atoms with Gasteiger partial charge in [-0.25, -0.2) is 14.4 Å². The Balaban J connectivity index is 1.05. The molecule has 4 aromatic rings. The van der Waals surface area contributed by atoms with E-state index in [2.05, 4.69) is 31.1 Å². The Bertz CT molecular complexity index is 1370. The van der Waals surface area contributed by atoms with Crippen LogP contribution in [0.25, 0.3) is 22.3 Å². The Hall–Kier alpha value is -3.79. The fourth-order valence-corrected chi connectivity index (χ4v) is 5.14. The number of likely N-dealkylation sites (tertiary alicyclic amines) is 2. The quantitative estimate of drug-likeness (QED) is 0.477. The highest BCUT2D eigenvalue weighted by Crippen LogP contribution is 2.31. The molecule has 0 atom stereocenters. The molecule has 180 valence electrons. The fourth-order valence-electron chi connectivity index (χ4n) is 5.14. The van der Waals surface area contributed by atoms with E-state index >= 15 is 0 Å². The van der Waals surface area contributed by atoms with Gasteiger partial charge in [0, 0.05) is 67.2 Å². The van der Waals surface area contributed by atoms with Gasteiger partial charge in [-0.15, -0.1) is 0 Å². The largest absolute Gasteiger partial charge is 0.497 e. The van der Waals surface area contributed by atoms with Crippen LogP contribution in [-0.4, -0.2) is 79.8 Å². The van der Waals surface area contributed by atoms with Crippen LogP contribution in [0.1, 0.15) is 29.2 Å². The molecule has 1 aromatic carbocycles. The first-order chi connectivity index (χ1) is 17.1. The highest BCUT2D eigenvalue weighted by atomic mass is 19.1. The van der Waals surface area contributed by atoms with Gasteiger partial charge in [-0.2, -0.15) is 5.10 Å². The maximum Gasteiger partial charge on any atom is 0.254 e. The van der Waals surface area contributed by atoms with Crippen molar-refractivity contribution in [3.05, 3.63) is 60.6 Å². The topological polar surface area (TPSA) is 92.2 Å². The second-order valence-corrected chi connectivity index (χ2v) is 9.18. The zero-order valence-corrected chi connectivity index (χ0v) is 19.4. The number of benzene rings is 1. The van der Waals surface area contributed by atoms with Crippen molar-refractivity contribution in [3.63, 3.8) is 0 Å². The molecule has 2 saturated heterocycles. The number of methoxy groups -OCH3 is 1. The molecule has 2 aliphatic heterocycles. The van der Waals surface area contributed by atoms with Crippen LogP contribution in [0.15, 0.2) is 49.2 Å². The average Bonchev–Trinajstić information content (AvgIpc) is 3.52. The number of carbonyl (C=O) groups is 1. The van der Waals surface area contributed by atoms with Gasteiger partial charge in [0.15, 0.2) is 0 Å². The second-order valence-electron chi connectivity index (χ2n) is 9.18. The van der Waals surface area contributed by atoms with Crippen LogP contribution in [0.3, 0.4) is 0 Å². The fraction of sp³-hybridized carbons (Fsp3) is 0.360. The van der Waals surface area contributed by atoms with Gasteiger partial charge in [0.1, 0.15) is 23.5 Å². The molecular formula is C25H26FN7O2. The maximum absolute atomic E-state index is 13.8. The Morgan fingerprint density at radius 3 is 2.77 bits per heavy atom. The lowest BCUT2D eigenvalue weighted by Gasteiger charge is -2.47. The smallest absolute Gasteiger partial charge is 0.254 e. The summed E-state index contributed by atoms with van der Waals surface area (Å²) in [6.07, 6.45) is 9.17. The molecule has 0 spiro atoms. The summed E-state index contributed by atoms with van der Waals surface area (Å²) in [5, 5.41) is 5.59. The third-order valence-corrected chi connectivity index (χ3v) is 7.12. The molecule has 0 unspecified atom stereocenters. The van der Waals surface area contributed by atoms with E-state index in [9.17, 15) is 9.18 Å². The molecule has 2 aliphatic rings. The van der Waals surface area contributed by atoms with Gasteiger partial charge in [-0.3, -0.25) is 14.4 Å². The monoisotopic (exact) mass is 475 g/mol. The summed E-state index contributed by atoms with van der Waals surface area (Å²) < 4.78 is 21.0. The molecule has 9 nitrogen and oxygen atoms in total. The van der Waals surface area contributed by atoms with Crippen LogP contribution in [-0.2, 0) is 0 Å². The van der Waals surface area contributed by atoms with Crippen LogP contribution < -0.4 is 4.74 Å². The Morgan fingerprint density at radius 1 is 1.14 bits per heavy atom. The van der Waals surface area contributed by atoms with Crippen molar-refractivity contribution in [2.45, 2.75) is 24.9 Å². The van der Waals surface area contributed by atoms with E-state index in [0.717, 1.165) is 48.2 Å². The number of H-pyrrole nitrogens is 1. The van der Waals surface area contributed by atoms with Crippen LogP contribution >= 0.6 is 0 Å². The molecular weight excluding hydrogens is 449 g/mol. The van der Waals surface area contributed by atoms with E-state index in [1.54, 1.807) is 12.4 Å². The number of rotatable bonds is 5. The van der Waals surface area contributed by atoms with Gasteiger partial charge in [0.05, 0.1) is 25.0 Å². The summed E-state index contributed by atoms with van der Waals surface area (Å²) in [5.74, 6) is -0.255. The van der Waals surface area contributed by atoms with Crippen molar-refractivity contribution in [1.82, 2.24) is 34.5 Å². The predicted molar refractivity (Wildman–Crippen MR) is 128 cm³/mol. The summed E-state index contributed by atoms with van der Waals surface area (Å²) in [6.45, 7) is 3.19. The van der Waals surface area contributed by atoms with Crippen molar-refractivity contribution >= 4 is 16.9 Å². The highest BCUT2D eigenvalue weighted by Gasteiger charge is 2.36. The summed E-state index contributed by atoms with van der Waals surface area (Å²) in [5.41, 5.74) is 3.02. The van der Waals surface area contributed by atoms with Gasteiger partial charge in [-0.1, -0.05) is 0 Å². The molecule has 1 N–H and O–H groups in total. The molecule has 1 amide bonds. The normalized spacial score (nSPS) is 17.6. The predicted octanol–water partition coefficient (Wildman–Crippen LogP) is 3.13. The van der Waals surface area contributed by atoms with Gasteiger partial charge >= 0.3 is 0 Å². The van der Waals surface area contributed by atoms with Gasteiger partial charge in [0.2, 0.25) is 0 Å². The number of piperidine rings is 1. The SMILES string of the molecule is COc1cc(F)cc(C(=O)N2CCC(N3CC(n4cc(-c5ncnc6[nH]ccc56)cn4)C3)CC2)c1. The van der Waals surface area contributed by atoms with Crippen molar-refractivity contribution in [2.24, 2.45) is 0 Å². The van der Waals surface area contributed by atoms with E-state index < -0.39 is 5.82 Å². The zero-order valence-electron chi connectivity index (χ0n) is 19.4. The molecule has 0 aliphatic carbocycles. The van der Waals surface area contributed by atoms with Crippen LogP contribution in [0.5, 0.6) is 5.75 Å². The lowest BCUT2D eigenvalue weighted by atomic mass is 9.97.